The van der Waals surface area contributed by atoms with Crippen LogP contribution >= 0.6 is 12.4 Å². The third kappa shape index (κ3) is 6.04. The lowest BCUT2D eigenvalue weighted by atomic mass is 10.3. The van der Waals surface area contributed by atoms with Crippen molar-refractivity contribution in [3.8, 4) is 0 Å². The number of benzene rings is 1. The van der Waals surface area contributed by atoms with Gasteiger partial charge in [0.1, 0.15) is 0 Å². The number of sulfonamides is 1. The summed E-state index contributed by atoms with van der Waals surface area (Å²) in [5.74, 6) is -0.389. The summed E-state index contributed by atoms with van der Waals surface area (Å²) in [4.78, 5) is 20.6. The van der Waals surface area contributed by atoms with E-state index in [4.69, 9.17) is 5.73 Å². The van der Waals surface area contributed by atoms with Crippen LogP contribution in [0.15, 0.2) is 29.2 Å². The van der Waals surface area contributed by atoms with Crippen LogP contribution in [-0.2, 0) is 14.8 Å². The minimum absolute atomic E-state index is 0. The molecule has 0 radical (unpaired) electrons. The number of carbonyl (C=O) groups is 1. The summed E-state index contributed by atoms with van der Waals surface area (Å²) in [6.45, 7) is -0.0809. The molecule has 11 heteroatoms. The van der Waals surface area contributed by atoms with E-state index in [1.54, 1.807) is 0 Å². The number of nitro groups is 1. The summed E-state index contributed by atoms with van der Waals surface area (Å²) in [6.07, 6.45) is 0. The first kappa shape index (κ1) is 19.2. The van der Waals surface area contributed by atoms with Crippen LogP contribution in [0.3, 0.4) is 0 Å². The van der Waals surface area contributed by atoms with Gasteiger partial charge in [0.05, 0.1) is 16.4 Å². The minimum Gasteiger partial charge on any atom is -0.354 e. The third-order valence-electron chi connectivity index (χ3n) is 2.28. The molecule has 0 spiro atoms. The Morgan fingerprint density at radius 2 is 1.81 bits per heavy atom. The van der Waals surface area contributed by atoms with Gasteiger partial charge in [-0.05, 0) is 12.1 Å². The molecule has 118 valence electrons. The highest BCUT2D eigenvalue weighted by molar-refractivity contribution is 7.89. The normalized spacial score (nSPS) is 10.5. The second kappa shape index (κ2) is 8.52. The van der Waals surface area contributed by atoms with Gasteiger partial charge in [-0.15, -0.1) is 12.4 Å². The first-order valence-electron chi connectivity index (χ1n) is 5.57. The van der Waals surface area contributed by atoms with Gasteiger partial charge in [0.25, 0.3) is 5.69 Å². The summed E-state index contributed by atoms with van der Waals surface area (Å²) in [5, 5.41) is 12.9. The lowest BCUT2D eigenvalue weighted by Crippen LogP contribution is -2.37. The van der Waals surface area contributed by atoms with Crippen LogP contribution in [0.5, 0.6) is 0 Å². The van der Waals surface area contributed by atoms with E-state index < -0.39 is 14.9 Å². The Morgan fingerprint density at radius 1 is 1.24 bits per heavy atom. The fraction of sp³-hybridized carbons (Fsp3) is 0.300. The number of carbonyl (C=O) groups excluding carboxylic acids is 1. The second-order valence-electron chi connectivity index (χ2n) is 3.70. The van der Waals surface area contributed by atoms with E-state index in [1.165, 1.54) is 0 Å². The molecule has 21 heavy (non-hydrogen) atoms. The van der Waals surface area contributed by atoms with Crippen LogP contribution in [0.4, 0.5) is 5.69 Å². The summed E-state index contributed by atoms with van der Waals surface area (Å²) in [7, 11) is -3.76. The molecule has 1 rings (SSSR count). The monoisotopic (exact) mass is 338 g/mol. The van der Waals surface area contributed by atoms with E-state index in [0.29, 0.717) is 0 Å². The molecule has 0 aromatic heterocycles. The Kier molecular flexibility index (Phi) is 7.81. The van der Waals surface area contributed by atoms with Gasteiger partial charge in [0.2, 0.25) is 15.9 Å². The number of halogens is 1. The zero-order chi connectivity index (χ0) is 15.2. The van der Waals surface area contributed by atoms with Crippen LogP contribution < -0.4 is 15.8 Å². The summed E-state index contributed by atoms with van der Waals surface area (Å²) in [6, 6.07) is 4.48. The molecular formula is C10H15ClN4O5S. The molecule has 1 amide bonds. The van der Waals surface area contributed by atoms with Crippen molar-refractivity contribution in [2.45, 2.75) is 4.90 Å². The van der Waals surface area contributed by atoms with Crippen molar-refractivity contribution < 1.29 is 18.1 Å². The van der Waals surface area contributed by atoms with Crippen molar-refractivity contribution in [3.05, 3.63) is 34.4 Å². The number of hydrogen-bond acceptors (Lipinski definition) is 6. The lowest BCUT2D eigenvalue weighted by molar-refractivity contribution is -0.384. The van der Waals surface area contributed by atoms with Crippen LogP contribution in [-0.4, -0.2) is 38.9 Å². The first-order valence-corrected chi connectivity index (χ1v) is 7.06. The fourth-order valence-corrected chi connectivity index (χ4v) is 2.32. The van der Waals surface area contributed by atoms with Crippen LogP contribution in [0, 0.1) is 10.1 Å². The molecule has 1 aromatic rings. The van der Waals surface area contributed by atoms with Crippen LogP contribution in [0.2, 0.25) is 0 Å². The molecule has 0 aliphatic heterocycles. The predicted molar refractivity (Wildman–Crippen MR) is 77.6 cm³/mol. The predicted octanol–water partition coefficient (Wildman–Crippen LogP) is -0.630. The van der Waals surface area contributed by atoms with Gasteiger partial charge in [-0.25, -0.2) is 13.1 Å². The van der Waals surface area contributed by atoms with Gasteiger partial charge in [-0.3, -0.25) is 14.9 Å². The molecule has 0 aliphatic carbocycles. The summed E-state index contributed by atoms with van der Waals surface area (Å²) in [5.41, 5.74) is 4.87. The first-order chi connectivity index (χ1) is 9.36. The van der Waals surface area contributed by atoms with Crippen molar-refractivity contribution in [1.82, 2.24) is 10.0 Å². The molecule has 0 heterocycles. The SMILES string of the molecule is Cl.NCC(=O)NCCNS(=O)(=O)c1ccc([N+](=O)[O-])cc1. The van der Waals surface area contributed by atoms with Crippen LogP contribution in [0.1, 0.15) is 0 Å². The second-order valence-corrected chi connectivity index (χ2v) is 5.47. The zero-order valence-electron chi connectivity index (χ0n) is 10.8. The smallest absolute Gasteiger partial charge is 0.269 e. The summed E-state index contributed by atoms with van der Waals surface area (Å²) < 4.78 is 25.9. The Hall–Kier alpha value is -1.75. The van der Waals surface area contributed by atoms with Gasteiger partial charge >= 0.3 is 0 Å². The molecule has 9 nitrogen and oxygen atoms in total. The van der Waals surface area contributed by atoms with Crippen molar-refractivity contribution >= 4 is 34.0 Å². The summed E-state index contributed by atoms with van der Waals surface area (Å²) >= 11 is 0. The van der Waals surface area contributed by atoms with Crippen molar-refractivity contribution in [2.75, 3.05) is 19.6 Å². The molecule has 0 atom stereocenters. The Labute approximate surface area is 127 Å². The van der Waals surface area contributed by atoms with Gasteiger partial charge in [0.15, 0.2) is 0 Å². The van der Waals surface area contributed by atoms with Gasteiger partial charge in [0, 0.05) is 25.2 Å². The molecule has 0 bridgehead atoms. The van der Waals surface area contributed by atoms with E-state index in [1.807, 2.05) is 0 Å². The Balaban J connectivity index is 0.00000400. The molecule has 4 N–H and O–H groups in total. The molecule has 0 aliphatic rings. The highest BCUT2D eigenvalue weighted by Crippen LogP contribution is 2.15. The topological polar surface area (TPSA) is 144 Å². The highest BCUT2D eigenvalue weighted by atomic mass is 35.5. The van der Waals surface area contributed by atoms with Gasteiger partial charge in [-0.1, -0.05) is 0 Å². The third-order valence-corrected chi connectivity index (χ3v) is 3.76. The average Bonchev–Trinajstić information content (AvgIpc) is 2.43. The number of non-ortho nitro benzene ring substituents is 1. The quantitative estimate of drug-likeness (QED) is 0.343. The maximum absolute atomic E-state index is 11.8. The molecular weight excluding hydrogens is 324 g/mol. The van der Waals surface area contributed by atoms with E-state index in [0.717, 1.165) is 24.3 Å². The van der Waals surface area contributed by atoms with E-state index in [-0.39, 0.29) is 48.5 Å². The average molecular weight is 339 g/mol. The molecule has 0 saturated heterocycles. The Bertz CT molecular complexity index is 590. The molecule has 0 unspecified atom stereocenters. The van der Waals surface area contributed by atoms with E-state index >= 15 is 0 Å². The van der Waals surface area contributed by atoms with Crippen molar-refractivity contribution in [2.24, 2.45) is 5.73 Å². The standard InChI is InChI=1S/C10H14N4O5S.ClH/c11-7-10(15)12-5-6-13-20(18,19)9-3-1-8(2-4-9)14(16)17;/h1-4,13H,5-7,11H2,(H,12,15);1H. The number of rotatable bonds is 7. The van der Waals surface area contributed by atoms with Crippen LogP contribution in [0.25, 0.3) is 0 Å². The maximum Gasteiger partial charge on any atom is 0.269 e. The number of nitrogens with two attached hydrogens (primary N) is 1. The number of hydrogen-bond donors (Lipinski definition) is 3. The zero-order valence-corrected chi connectivity index (χ0v) is 12.4. The van der Waals surface area contributed by atoms with E-state index in [2.05, 4.69) is 10.0 Å². The van der Waals surface area contributed by atoms with Gasteiger partial charge < -0.3 is 11.1 Å². The van der Waals surface area contributed by atoms with Gasteiger partial charge in [-0.2, -0.15) is 0 Å². The van der Waals surface area contributed by atoms with Crippen molar-refractivity contribution in [1.29, 1.82) is 0 Å². The lowest BCUT2D eigenvalue weighted by Gasteiger charge is -2.07. The number of nitrogens with one attached hydrogen (secondary N) is 2. The highest BCUT2D eigenvalue weighted by Gasteiger charge is 2.15. The molecule has 0 saturated carbocycles. The fourth-order valence-electron chi connectivity index (χ4n) is 1.29. The van der Waals surface area contributed by atoms with Crippen molar-refractivity contribution in [3.63, 3.8) is 0 Å². The molecule has 1 aromatic carbocycles. The Morgan fingerprint density at radius 3 is 2.29 bits per heavy atom. The number of nitro benzene ring substituents is 1. The minimum atomic E-state index is -3.76. The number of nitrogens with zero attached hydrogens (tertiary/aromatic N) is 1. The molecule has 0 fully saturated rings. The number of amides is 1. The van der Waals surface area contributed by atoms with E-state index in [9.17, 15) is 23.3 Å². The maximum atomic E-state index is 11.8. The largest absolute Gasteiger partial charge is 0.354 e.